The molecule has 0 unspecified atom stereocenters. The standard InChI is InChI=1S/C23H28N2O4S/c1-15-10-11-16(2)20(14-15)30(28,29)23(12-5-6-13-23)22(27)25-19-9-7-8-18(17(19)3)21(26)24-4/h7-11,14H,5-6,12-13H2,1-4H3,(H,24,26)(H,25,27). The SMILES string of the molecule is CNC(=O)c1cccc(NC(=O)C2(S(=O)(=O)c3cc(C)ccc3C)CCCC2)c1C. The van der Waals surface area contributed by atoms with Crippen LogP contribution in [0.25, 0.3) is 0 Å². The number of anilines is 1. The first kappa shape index (κ1) is 22.0. The molecule has 1 aliphatic rings. The highest BCUT2D eigenvalue weighted by molar-refractivity contribution is 7.93. The zero-order chi connectivity index (χ0) is 22.1. The van der Waals surface area contributed by atoms with Crippen LogP contribution in [-0.4, -0.2) is 32.0 Å². The Kier molecular flexibility index (Phi) is 6.04. The van der Waals surface area contributed by atoms with Gasteiger partial charge in [-0.15, -0.1) is 0 Å². The van der Waals surface area contributed by atoms with E-state index in [0.717, 1.165) is 5.56 Å². The molecule has 7 heteroatoms. The summed E-state index contributed by atoms with van der Waals surface area (Å²) in [7, 11) is -2.37. The molecule has 2 N–H and O–H groups in total. The van der Waals surface area contributed by atoms with Gasteiger partial charge in [-0.25, -0.2) is 8.42 Å². The fourth-order valence-corrected chi connectivity index (χ4v) is 6.53. The molecular formula is C23H28N2O4S. The summed E-state index contributed by atoms with van der Waals surface area (Å²) >= 11 is 0. The summed E-state index contributed by atoms with van der Waals surface area (Å²) in [6.45, 7) is 5.33. The highest BCUT2D eigenvalue weighted by Crippen LogP contribution is 2.42. The van der Waals surface area contributed by atoms with E-state index >= 15 is 0 Å². The van der Waals surface area contributed by atoms with Gasteiger partial charge in [0.15, 0.2) is 14.6 Å². The van der Waals surface area contributed by atoms with E-state index in [1.165, 1.54) is 7.05 Å². The second-order valence-corrected chi connectivity index (χ2v) is 10.2. The minimum absolute atomic E-state index is 0.218. The van der Waals surface area contributed by atoms with E-state index in [-0.39, 0.29) is 23.6 Å². The molecule has 1 fully saturated rings. The maximum absolute atomic E-state index is 13.7. The van der Waals surface area contributed by atoms with Crippen molar-refractivity contribution in [1.29, 1.82) is 0 Å². The van der Waals surface area contributed by atoms with Gasteiger partial charge >= 0.3 is 0 Å². The molecule has 0 atom stereocenters. The third-order valence-electron chi connectivity index (χ3n) is 6.03. The Morgan fingerprint density at radius 1 is 1.00 bits per heavy atom. The van der Waals surface area contributed by atoms with Gasteiger partial charge < -0.3 is 10.6 Å². The summed E-state index contributed by atoms with van der Waals surface area (Å²) in [4.78, 5) is 25.8. The van der Waals surface area contributed by atoms with E-state index in [4.69, 9.17) is 0 Å². The normalized spacial score (nSPS) is 15.6. The van der Waals surface area contributed by atoms with Crippen LogP contribution in [0.3, 0.4) is 0 Å². The average molecular weight is 429 g/mol. The first-order valence-corrected chi connectivity index (χ1v) is 11.6. The van der Waals surface area contributed by atoms with Crippen molar-refractivity contribution < 1.29 is 18.0 Å². The lowest BCUT2D eigenvalue weighted by Gasteiger charge is -2.29. The van der Waals surface area contributed by atoms with Crippen molar-refractivity contribution in [2.24, 2.45) is 0 Å². The Morgan fingerprint density at radius 2 is 1.67 bits per heavy atom. The van der Waals surface area contributed by atoms with E-state index < -0.39 is 20.5 Å². The smallest absolute Gasteiger partial charge is 0.251 e. The monoisotopic (exact) mass is 428 g/mol. The molecule has 0 aromatic heterocycles. The van der Waals surface area contributed by atoms with Crippen molar-refractivity contribution in [3.8, 4) is 0 Å². The Balaban J connectivity index is 2.04. The highest BCUT2D eigenvalue weighted by atomic mass is 32.2. The Labute approximate surface area is 178 Å². The van der Waals surface area contributed by atoms with Crippen molar-refractivity contribution in [3.63, 3.8) is 0 Å². The van der Waals surface area contributed by atoms with Crippen LogP contribution in [0, 0.1) is 20.8 Å². The third kappa shape index (κ3) is 3.62. The summed E-state index contributed by atoms with van der Waals surface area (Å²) < 4.78 is 26.0. The zero-order valence-electron chi connectivity index (χ0n) is 17.8. The topological polar surface area (TPSA) is 92.3 Å². The molecule has 2 aromatic carbocycles. The molecule has 160 valence electrons. The zero-order valence-corrected chi connectivity index (χ0v) is 18.7. The number of carbonyl (C=O) groups excluding carboxylic acids is 2. The molecule has 1 aliphatic carbocycles. The van der Waals surface area contributed by atoms with Gasteiger partial charge in [-0.05, 0) is 68.5 Å². The average Bonchev–Trinajstić information content (AvgIpc) is 3.22. The highest BCUT2D eigenvalue weighted by Gasteiger charge is 2.53. The van der Waals surface area contributed by atoms with Crippen molar-refractivity contribution in [1.82, 2.24) is 5.32 Å². The molecule has 3 rings (SSSR count). The van der Waals surface area contributed by atoms with Crippen LogP contribution in [0.2, 0.25) is 0 Å². The fourth-order valence-electron chi connectivity index (χ4n) is 4.16. The maximum atomic E-state index is 13.7. The lowest BCUT2D eigenvalue weighted by atomic mass is 10.0. The fraction of sp³-hybridized carbons (Fsp3) is 0.391. The molecule has 0 spiro atoms. The van der Waals surface area contributed by atoms with Crippen LogP contribution in [0.4, 0.5) is 5.69 Å². The van der Waals surface area contributed by atoms with Gasteiger partial charge in [0.25, 0.3) is 5.91 Å². The number of sulfone groups is 1. The summed E-state index contributed by atoms with van der Waals surface area (Å²) in [5, 5.41) is 5.40. The first-order chi connectivity index (χ1) is 14.1. The van der Waals surface area contributed by atoms with Gasteiger partial charge in [-0.1, -0.05) is 31.0 Å². The summed E-state index contributed by atoms with van der Waals surface area (Å²) in [6.07, 6.45) is 1.91. The summed E-state index contributed by atoms with van der Waals surface area (Å²) in [5.41, 5.74) is 2.96. The second-order valence-electron chi connectivity index (χ2n) is 7.99. The van der Waals surface area contributed by atoms with Gasteiger partial charge in [0.2, 0.25) is 5.91 Å². The van der Waals surface area contributed by atoms with Gasteiger partial charge in [0.05, 0.1) is 4.90 Å². The largest absolute Gasteiger partial charge is 0.355 e. The molecule has 0 bridgehead atoms. The van der Waals surface area contributed by atoms with Gasteiger partial charge in [-0.3, -0.25) is 9.59 Å². The van der Waals surface area contributed by atoms with Gasteiger partial charge in [0.1, 0.15) is 0 Å². The number of hydrogen-bond donors (Lipinski definition) is 2. The summed E-state index contributed by atoms with van der Waals surface area (Å²) in [6, 6.07) is 10.3. The Hall–Kier alpha value is -2.67. The van der Waals surface area contributed by atoms with Crippen LogP contribution in [0.5, 0.6) is 0 Å². The van der Waals surface area contributed by atoms with E-state index in [1.807, 2.05) is 13.0 Å². The van der Waals surface area contributed by atoms with Gasteiger partial charge in [-0.2, -0.15) is 0 Å². The van der Waals surface area contributed by atoms with E-state index in [9.17, 15) is 18.0 Å². The van der Waals surface area contributed by atoms with Crippen LogP contribution >= 0.6 is 0 Å². The van der Waals surface area contributed by atoms with E-state index in [0.29, 0.717) is 35.2 Å². The molecule has 1 saturated carbocycles. The van der Waals surface area contributed by atoms with Crippen LogP contribution in [0.15, 0.2) is 41.3 Å². The first-order valence-electron chi connectivity index (χ1n) is 10.1. The number of benzene rings is 2. The van der Waals surface area contributed by atoms with E-state index in [2.05, 4.69) is 10.6 Å². The molecule has 6 nitrogen and oxygen atoms in total. The summed E-state index contributed by atoms with van der Waals surface area (Å²) in [5.74, 6) is -0.791. The molecule has 2 aromatic rings. The predicted octanol–water partition coefficient (Wildman–Crippen LogP) is 3.70. The molecule has 0 radical (unpaired) electrons. The molecule has 0 saturated heterocycles. The number of nitrogens with one attached hydrogen (secondary N) is 2. The number of aryl methyl sites for hydroxylation is 2. The molecule has 30 heavy (non-hydrogen) atoms. The van der Waals surface area contributed by atoms with Crippen LogP contribution in [-0.2, 0) is 14.6 Å². The van der Waals surface area contributed by atoms with Crippen LogP contribution < -0.4 is 10.6 Å². The van der Waals surface area contributed by atoms with Crippen molar-refractivity contribution in [2.75, 3.05) is 12.4 Å². The number of rotatable bonds is 5. The van der Waals surface area contributed by atoms with Crippen molar-refractivity contribution in [3.05, 3.63) is 58.7 Å². The van der Waals surface area contributed by atoms with Crippen LogP contribution in [0.1, 0.15) is 52.7 Å². The molecule has 0 heterocycles. The third-order valence-corrected chi connectivity index (χ3v) is 8.67. The maximum Gasteiger partial charge on any atom is 0.251 e. The predicted molar refractivity (Wildman–Crippen MR) is 117 cm³/mol. The van der Waals surface area contributed by atoms with Crippen molar-refractivity contribution >= 4 is 27.3 Å². The molecule has 0 aliphatic heterocycles. The molecule has 2 amide bonds. The Bertz CT molecular complexity index is 1100. The lowest BCUT2D eigenvalue weighted by molar-refractivity contribution is -0.118. The Morgan fingerprint density at radius 3 is 2.30 bits per heavy atom. The van der Waals surface area contributed by atoms with Crippen molar-refractivity contribution in [2.45, 2.75) is 56.1 Å². The number of hydrogen-bond acceptors (Lipinski definition) is 4. The molecular weight excluding hydrogens is 400 g/mol. The van der Waals surface area contributed by atoms with E-state index in [1.54, 1.807) is 44.2 Å². The van der Waals surface area contributed by atoms with Gasteiger partial charge in [0, 0.05) is 18.3 Å². The minimum atomic E-state index is -3.91. The minimum Gasteiger partial charge on any atom is -0.355 e. The number of carbonyl (C=O) groups is 2. The quantitative estimate of drug-likeness (QED) is 0.760. The second kappa shape index (κ2) is 8.22. The lowest BCUT2D eigenvalue weighted by Crippen LogP contribution is -2.47. The number of amides is 2.